The standard InChI is InChI=1S/C67H46N2/c1-3-18-45(19-4-1)47-20-17-21-49(42-47)53-24-10-15-32-64(53)68(51-37-34-46(35-38-51)48-36-41-66-59(43-48)58-28-11-16-33-65(58)69(66)50-22-5-2-6-23-50)52-39-40-57-56-27-9-14-31-62(56)67(63(57)44-52)60-29-12-7-25-54(60)55-26-8-13-30-61(55)67/h1-16,18-20,22-44H,17,21H2. The Morgan fingerprint density at radius 2 is 0.928 bits per heavy atom. The number of anilines is 3. The monoisotopic (exact) mass is 878 g/mol. The number of nitrogens with zero attached hydrogens (tertiary/aromatic N) is 2. The van der Waals surface area contributed by atoms with E-state index in [-0.39, 0.29) is 0 Å². The van der Waals surface area contributed by atoms with Crippen molar-refractivity contribution in [2.75, 3.05) is 4.90 Å². The summed E-state index contributed by atoms with van der Waals surface area (Å²) in [6.07, 6.45) is 6.78. The molecule has 0 atom stereocenters. The fourth-order valence-corrected chi connectivity index (χ4v) is 12.1. The van der Waals surface area contributed by atoms with Crippen molar-refractivity contribution in [2.24, 2.45) is 0 Å². The Hall–Kier alpha value is -8.72. The normalized spacial score (nSPS) is 14.0. The van der Waals surface area contributed by atoms with Crippen LogP contribution in [0.1, 0.15) is 46.2 Å². The number of hydrogen-bond donors (Lipinski definition) is 0. The van der Waals surface area contributed by atoms with Gasteiger partial charge in [0.15, 0.2) is 0 Å². The van der Waals surface area contributed by atoms with Gasteiger partial charge in [0.1, 0.15) is 0 Å². The van der Waals surface area contributed by atoms with Crippen LogP contribution in [-0.2, 0) is 5.41 Å². The zero-order valence-corrected chi connectivity index (χ0v) is 38.1. The molecule has 0 unspecified atom stereocenters. The first-order valence-electron chi connectivity index (χ1n) is 24.2. The SMILES string of the molecule is C1=C(c2ccccc2)C=C(c2ccccc2N(c2ccc(-c3ccc4c(c3)c3ccccc3n4-c3ccccc3)cc2)c2ccc3c(c2)C2(c4ccccc4-c4ccccc42)c2ccccc2-3)CC1. The summed E-state index contributed by atoms with van der Waals surface area (Å²) < 4.78 is 2.38. The molecule has 0 aliphatic heterocycles. The predicted octanol–water partition coefficient (Wildman–Crippen LogP) is 17.5. The lowest BCUT2D eigenvalue weighted by Gasteiger charge is -2.33. The van der Waals surface area contributed by atoms with Gasteiger partial charge < -0.3 is 9.47 Å². The first-order chi connectivity index (χ1) is 34.2. The molecule has 0 N–H and O–H groups in total. The van der Waals surface area contributed by atoms with Gasteiger partial charge in [0.25, 0.3) is 0 Å². The quantitative estimate of drug-likeness (QED) is 0.155. The summed E-state index contributed by atoms with van der Waals surface area (Å²) in [4.78, 5) is 2.51. The number of hydrogen-bond acceptors (Lipinski definition) is 1. The summed E-state index contributed by atoms with van der Waals surface area (Å²) in [5, 5.41) is 2.50. The van der Waals surface area contributed by atoms with Gasteiger partial charge in [0, 0.05) is 33.4 Å². The maximum absolute atomic E-state index is 2.51. The zero-order valence-electron chi connectivity index (χ0n) is 38.1. The van der Waals surface area contributed by atoms with E-state index in [2.05, 4.69) is 264 Å². The number of aromatic nitrogens is 1. The van der Waals surface area contributed by atoms with E-state index in [1.54, 1.807) is 0 Å². The highest BCUT2D eigenvalue weighted by atomic mass is 15.1. The van der Waals surface area contributed by atoms with Crippen molar-refractivity contribution in [3.8, 4) is 39.1 Å². The summed E-state index contributed by atoms with van der Waals surface area (Å²) in [7, 11) is 0. The molecule has 1 heterocycles. The highest BCUT2D eigenvalue weighted by Crippen LogP contribution is 2.63. The van der Waals surface area contributed by atoms with Crippen LogP contribution in [-0.4, -0.2) is 4.57 Å². The van der Waals surface area contributed by atoms with Crippen molar-refractivity contribution in [3.05, 3.63) is 288 Å². The molecule has 1 spiro atoms. The lowest BCUT2D eigenvalue weighted by Crippen LogP contribution is -2.26. The van der Waals surface area contributed by atoms with Crippen molar-refractivity contribution in [1.82, 2.24) is 4.57 Å². The molecule has 0 bridgehead atoms. The summed E-state index contributed by atoms with van der Waals surface area (Å²) in [6, 6.07) is 90.1. The minimum absolute atomic E-state index is 0.451. The Morgan fingerprint density at radius 1 is 0.377 bits per heavy atom. The van der Waals surface area contributed by atoms with Crippen LogP contribution in [0.15, 0.2) is 255 Å². The third-order valence-corrected chi connectivity index (χ3v) is 15.1. The van der Waals surface area contributed by atoms with E-state index in [1.807, 2.05) is 0 Å². The first kappa shape index (κ1) is 39.4. The maximum Gasteiger partial charge on any atom is 0.0726 e. The van der Waals surface area contributed by atoms with Gasteiger partial charge in [-0.2, -0.15) is 0 Å². The number of allylic oxidation sites excluding steroid dienone is 4. The van der Waals surface area contributed by atoms with Crippen molar-refractivity contribution in [1.29, 1.82) is 0 Å². The minimum Gasteiger partial charge on any atom is -0.310 e. The number of fused-ring (bicyclic) bond motifs is 13. The van der Waals surface area contributed by atoms with Crippen LogP contribution in [0.25, 0.3) is 72.0 Å². The van der Waals surface area contributed by atoms with Crippen molar-refractivity contribution < 1.29 is 0 Å². The van der Waals surface area contributed by atoms with E-state index in [4.69, 9.17) is 0 Å². The smallest absolute Gasteiger partial charge is 0.0726 e. The van der Waals surface area contributed by atoms with Crippen molar-refractivity contribution in [2.45, 2.75) is 18.3 Å². The largest absolute Gasteiger partial charge is 0.310 e. The Bertz CT molecular complexity index is 3820. The molecule has 2 nitrogen and oxygen atoms in total. The molecule has 69 heavy (non-hydrogen) atoms. The summed E-state index contributed by atoms with van der Waals surface area (Å²) >= 11 is 0. The fraction of sp³-hybridized carbons (Fsp3) is 0.0448. The molecule has 324 valence electrons. The van der Waals surface area contributed by atoms with Gasteiger partial charge in [0.2, 0.25) is 0 Å². The predicted molar refractivity (Wildman–Crippen MR) is 289 cm³/mol. The molecule has 0 amide bonds. The lowest BCUT2D eigenvalue weighted by atomic mass is 9.70. The van der Waals surface area contributed by atoms with Gasteiger partial charge in [-0.15, -0.1) is 0 Å². The van der Waals surface area contributed by atoms with Crippen LogP contribution >= 0.6 is 0 Å². The van der Waals surface area contributed by atoms with E-state index in [0.717, 1.165) is 29.9 Å². The summed E-state index contributed by atoms with van der Waals surface area (Å²) in [5.41, 5.74) is 24.6. The van der Waals surface area contributed by atoms with Gasteiger partial charge in [-0.05, 0) is 146 Å². The third-order valence-electron chi connectivity index (χ3n) is 15.1. The van der Waals surface area contributed by atoms with Crippen molar-refractivity contribution in [3.63, 3.8) is 0 Å². The van der Waals surface area contributed by atoms with E-state index in [9.17, 15) is 0 Å². The third kappa shape index (κ3) is 5.98. The second-order valence-electron chi connectivity index (χ2n) is 18.7. The molecule has 1 aromatic heterocycles. The van der Waals surface area contributed by atoms with E-state index < -0.39 is 5.41 Å². The molecule has 3 aliphatic carbocycles. The molecule has 0 saturated heterocycles. The number of benzene rings is 10. The summed E-state index contributed by atoms with van der Waals surface area (Å²) in [5.74, 6) is 0. The Kier molecular flexibility index (Phi) is 8.97. The molecule has 0 fully saturated rings. The fourth-order valence-electron chi connectivity index (χ4n) is 12.1. The molecule has 0 radical (unpaired) electrons. The van der Waals surface area contributed by atoms with Gasteiger partial charge in [0.05, 0.1) is 22.1 Å². The molecule has 11 aromatic rings. The Morgan fingerprint density at radius 3 is 1.64 bits per heavy atom. The molecule has 10 aromatic carbocycles. The molecular formula is C67H46N2. The Balaban J connectivity index is 0.952. The zero-order chi connectivity index (χ0) is 45.5. The second kappa shape index (κ2) is 15.7. The van der Waals surface area contributed by atoms with E-state index in [0.29, 0.717) is 0 Å². The molecule has 14 rings (SSSR count). The maximum atomic E-state index is 2.51. The number of rotatable bonds is 7. The minimum atomic E-state index is -0.451. The topological polar surface area (TPSA) is 8.17 Å². The van der Waals surface area contributed by atoms with E-state index in [1.165, 1.54) is 105 Å². The average molecular weight is 879 g/mol. The van der Waals surface area contributed by atoms with Gasteiger partial charge in [-0.3, -0.25) is 0 Å². The molecular weight excluding hydrogens is 833 g/mol. The lowest BCUT2D eigenvalue weighted by molar-refractivity contribution is 0.793. The molecule has 3 aliphatic rings. The van der Waals surface area contributed by atoms with Crippen LogP contribution in [0.2, 0.25) is 0 Å². The average Bonchev–Trinajstić information content (AvgIpc) is 4.03. The van der Waals surface area contributed by atoms with Gasteiger partial charge >= 0.3 is 0 Å². The molecule has 2 heteroatoms. The van der Waals surface area contributed by atoms with Crippen molar-refractivity contribution >= 4 is 50.0 Å². The van der Waals surface area contributed by atoms with Crippen LogP contribution in [0.3, 0.4) is 0 Å². The molecule has 0 saturated carbocycles. The van der Waals surface area contributed by atoms with Gasteiger partial charge in [-0.1, -0.05) is 194 Å². The van der Waals surface area contributed by atoms with Crippen LogP contribution in [0.4, 0.5) is 17.1 Å². The highest BCUT2D eigenvalue weighted by molar-refractivity contribution is 6.10. The number of para-hydroxylation sites is 3. The van der Waals surface area contributed by atoms with Crippen LogP contribution < -0.4 is 4.90 Å². The van der Waals surface area contributed by atoms with Crippen LogP contribution in [0.5, 0.6) is 0 Å². The first-order valence-corrected chi connectivity index (χ1v) is 24.2. The van der Waals surface area contributed by atoms with E-state index >= 15 is 0 Å². The second-order valence-corrected chi connectivity index (χ2v) is 18.7. The van der Waals surface area contributed by atoms with Gasteiger partial charge in [-0.25, -0.2) is 0 Å². The Labute approximate surface area is 403 Å². The van der Waals surface area contributed by atoms with Crippen LogP contribution in [0, 0.1) is 0 Å². The highest BCUT2D eigenvalue weighted by Gasteiger charge is 2.51. The summed E-state index contributed by atoms with van der Waals surface area (Å²) in [6.45, 7) is 0.